The molecular weight excluding hydrogens is 580 g/mol. The molecule has 0 bridgehead atoms. The minimum Gasteiger partial charge on any atom is -0.443 e. The van der Waals surface area contributed by atoms with Crippen LogP contribution in [0.25, 0.3) is 63.0 Å². The maximum absolute atomic E-state index is 13.3. The zero-order chi connectivity index (χ0) is 32.5. The van der Waals surface area contributed by atoms with E-state index in [4.69, 9.17) is 19.7 Å². The topological polar surface area (TPSA) is 69.9 Å². The summed E-state index contributed by atoms with van der Waals surface area (Å²) in [6.07, 6.45) is 7.81. The van der Waals surface area contributed by atoms with Gasteiger partial charge in [0.05, 0.1) is 0 Å². The molecule has 0 saturated heterocycles. The molecule has 47 heavy (non-hydrogen) atoms. The van der Waals surface area contributed by atoms with Crippen molar-refractivity contribution < 1.29 is 9.53 Å². The van der Waals surface area contributed by atoms with E-state index in [-0.39, 0.29) is 0 Å². The van der Waals surface area contributed by atoms with Crippen LogP contribution in [0.3, 0.4) is 0 Å². The third-order valence-electron chi connectivity index (χ3n) is 8.94. The Labute approximate surface area is 273 Å². The van der Waals surface area contributed by atoms with Crippen LogP contribution in [0.4, 0.5) is 4.79 Å². The van der Waals surface area contributed by atoms with E-state index in [1.165, 1.54) is 21.6 Å². The molecule has 6 nitrogen and oxygen atoms in total. The highest BCUT2D eigenvalue weighted by Gasteiger charge is 2.41. The van der Waals surface area contributed by atoms with Gasteiger partial charge in [0.1, 0.15) is 5.60 Å². The minimum atomic E-state index is -0.627. The number of aromatic nitrogens is 4. The number of ether oxygens (including phenoxy) is 1. The van der Waals surface area contributed by atoms with Crippen LogP contribution < -0.4 is 10.4 Å². The largest absolute Gasteiger partial charge is 0.443 e. The Morgan fingerprint density at radius 3 is 1.96 bits per heavy atom. The highest BCUT2D eigenvalue weighted by atomic mass is 16.6. The van der Waals surface area contributed by atoms with Crippen LogP contribution in [0.2, 0.25) is 0 Å². The van der Waals surface area contributed by atoms with Crippen molar-refractivity contribution in [3.05, 3.63) is 131 Å². The van der Waals surface area contributed by atoms with Crippen LogP contribution in [0, 0.1) is 0 Å². The fourth-order valence-corrected chi connectivity index (χ4v) is 7.07. The summed E-state index contributed by atoms with van der Waals surface area (Å²) in [5, 5.41) is 2.44. The molecule has 0 spiro atoms. The Kier molecular flexibility index (Phi) is 6.41. The van der Waals surface area contributed by atoms with E-state index >= 15 is 0 Å². The molecule has 0 fully saturated rings. The molecule has 3 aromatic carbocycles. The van der Waals surface area contributed by atoms with E-state index in [2.05, 4.69) is 50.3 Å². The van der Waals surface area contributed by atoms with E-state index in [0.717, 1.165) is 38.9 Å². The molecule has 0 atom stereocenters. The first-order chi connectivity index (χ1) is 22.6. The number of fused-ring (bicyclic) bond motifs is 5. The summed E-state index contributed by atoms with van der Waals surface area (Å²) in [7, 11) is 0. The van der Waals surface area contributed by atoms with Crippen molar-refractivity contribution in [2.45, 2.75) is 45.6 Å². The van der Waals surface area contributed by atoms with Crippen molar-refractivity contribution in [2.24, 2.45) is 0 Å². The molecule has 3 aliphatic carbocycles. The zero-order valence-electron chi connectivity index (χ0n) is 27.1. The maximum Gasteiger partial charge on any atom is 0.418 e. The fourth-order valence-electron chi connectivity index (χ4n) is 7.07. The Hall–Kier alpha value is -5.62. The number of nitrogens with zero attached hydrogens (tertiary/aromatic N) is 4. The number of hydrogen-bond donors (Lipinski definition) is 0. The van der Waals surface area contributed by atoms with Gasteiger partial charge in [-0.15, -0.1) is 0 Å². The quantitative estimate of drug-likeness (QED) is 0.203. The van der Waals surface area contributed by atoms with Gasteiger partial charge in [-0.3, -0.25) is 4.57 Å². The lowest BCUT2D eigenvalue weighted by molar-refractivity contribution is 0.0536. The number of benzene rings is 3. The van der Waals surface area contributed by atoms with Crippen LogP contribution in [0.5, 0.6) is 0 Å². The summed E-state index contributed by atoms with van der Waals surface area (Å²) in [4.78, 5) is 28.6. The van der Waals surface area contributed by atoms with Crippen molar-refractivity contribution in [1.29, 1.82) is 0 Å². The first-order valence-electron chi connectivity index (χ1n) is 15.9. The van der Waals surface area contributed by atoms with E-state index in [1.54, 1.807) is 10.8 Å². The van der Waals surface area contributed by atoms with Gasteiger partial charge in [-0.1, -0.05) is 98.8 Å². The molecule has 4 aliphatic rings. The van der Waals surface area contributed by atoms with Crippen LogP contribution in [0.1, 0.15) is 45.7 Å². The first kappa shape index (κ1) is 28.8. The van der Waals surface area contributed by atoms with Crippen molar-refractivity contribution in [1.82, 2.24) is 19.5 Å². The minimum absolute atomic E-state index is 0.399. The maximum atomic E-state index is 13.3. The molecule has 1 aromatic heterocycles. The summed E-state index contributed by atoms with van der Waals surface area (Å²) < 4.78 is 7.32. The normalized spacial score (nSPS) is 14.6. The Bertz CT molecular complexity index is 2290. The number of hydrogen-bond acceptors (Lipinski definition) is 5. The Balaban J connectivity index is 1.45. The predicted octanol–water partition coefficient (Wildman–Crippen LogP) is 7.88. The molecule has 6 heteroatoms. The van der Waals surface area contributed by atoms with E-state index < -0.39 is 17.1 Å². The van der Waals surface area contributed by atoms with Crippen molar-refractivity contribution in [2.75, 3.05) is 0 Å². The third kappa shape index (κ3) is 4.79. The van der Waals surface area contributed by atoms with Gasteiger partial charge in [-0.2, -0.15) is 0 Å². The summed E-state index contributed by atoms with van der Waals surface area (Å²) >= 11 is 0. The van der Waals surface area contributed by atoms with Crippen molar-refractivity contribution >= 4 is 23.8 Å². The SMILES string of the molecule is CC(C)(C)OC(=O)n1ccc2c(-c3nc(-c4ccccc4)nc(-c4ccccc4)n3)c3c(c-2c1)C(C)(C)C1=c2ccccc2=CC1=C3. The zero-order valence-corrected chi connectivity index (χ0v) is 27.1. The van der Waals surface area contributed by atoms with E-state index in [9.17, 15) is 4.79 Å². The molecule has 0 saturated carbocycles. The Morgan fingerprint density at radius 2 is 1.32 bits per heavy atom. The number of pyridine rings is 1. The van der Waals surface area contributed by atoms with Gasteiger partial charge >= 0.3 is 6.09 Å². The van der Waals surface area contributed by atoms with Gasteiger partial charge in [-0.05, 0) is 77.3 Å². The monoisotopic (exact) mass is 614 g/mol. The second kappa shape index (κ2) is 10.5. The molecule has 0 amide bonds. The van der Waals surface area contributed by atoms with Crippen molar-refractivity contribution in [3.63, 3.8) is 0 Å². The second-order valence-corrected chi connectivity index (χ2v) is 13.7. The van der Waals surface area contributed by atoms with Crippen LogP contribution in [-0.2, 0) is 10.2 Å². The molecule has 4 aromatic rings. The standard InChI is InChI=1S/C41H34N4O2/c1-40(2,3)47-39(46)45-21-20-30-32(24-45)35-31(23-28-22-27-18-12-13-19-29(27)34(28)41(35,4)5)33(30)38-43-36(25-14-8-6-9-15-25)42-37(44-38)26-16-10-7-11-17-26/h6-24H,1-5H3. The van der Waals surface area contributed by atoms with Gasteiger partial charge in [0.25, 0.3) is 0 Å². The number of rotatable bonds is 3. The third-order valence-corrected chi connectivity index (χ3v) is 8.94. The molecule has 2 heterocycles. The molecule has 0 N–H and O–H groups in total. The molecule has 0 radical (unpaired) electrons. The van der Waals surface area contributed by atoms with E-state index in [1.807, 2.05) is 93.7 Å². The smallest absolute Gasteiger partial charge is 0.418 e. The highest BCUT2D eigenvalue weighted by Crippen LogP contribution is 2.55. The van der Waals surface area contributed by atoms with Gasteiger partial charge in [0.15, 0.2) is 17.5 Å². The lowest BCUT2D eigenvalue weighted by Crippen LogP contribution is -2.31. The van der Waals surface area contributed by atoms with Crippen LogP contribution >= 0.6 is 0 Å². The Morgan fingerprint density at radius 1 is 0.723 bits per heavy atom. The highest BCUT2D eigenvalue weighted by molar-refractivity contribution is 6.06. The lowest BCUT2D eigenvalue weighted by Gasteiger charge is -2.33. The summed E-state index contributed by atoms with van der Waals surface area (Å²) in [5.74, 6) is 1.80. The average Bonchev–Trinajstić information content (AvgIpc) is 3.61. The van der Waals surface area contributed by atoms with Crippen LogP contribution in [-0.4, -0.2) is 31.2 Å². The number of carbonyl (C=O) groups excluding carboxylic acids is 1. The summed E-state index contributed by atoms with van der Waals surface area (Å²) in [6, 6.07) is 30.6. The van der Waals surface area contributed by atoms with Crippen molar-refractivity contribution in [3.8, 4) is 45.3 Å². The molecule has 8 rings (SSSR count). The molecular formula is C41H34N4O2. The molecule has 1 aliphatic heterocycles. The second-order valence-electron chi connectivity index (χ2n) is 13.7. The predicted molar refractivity (Wildman–Crippen MR) is 187 cm³/mol. The van der Waals surface area contributed by atoms with Gasteiger partial charge in [0, 0.05) is 40.1 Å². The average molecular weight is 615 g/mol. The van der Waals surface area contributed by atoms with Gasteiger partial charge in [-0.25, -0.2) is 19.7 Å². The fraction of sp³-hybridized carbons (Fsp3) is 0.171. The summed E-state index contributed by atoms with van der Waals surface area (Å²) in [5.41, 5.74) is 8.30. The lowest BCUT2D eigenvalue weighted by atomic mass is 9.69. The molecule has 230 valence electrons. The molecule has 0 unspecified atom stereocenters. The van der Waals surface area contributed by atoms with E-state index in [0.29, 0.717) is 17.5 Å². The summed E-state index contributed by atoms with van der Waals surface area (Å²) in [6.45, 7) is 10.2. The number of carbonyl (C=O) groups is 1. The number of allylic oxidation sites excluding steroid dienone is 1. The van der Waals surface area contributed by atoms with Gasteiger partial charge < -0.3 is 4.74 Å². The van der Waals surface area contributed by atoms with Gasteiger partial charge in [0.2, 0.25) is 0 Å². The first-order valence-corrected chi connectivity index (χ1v) is 15.9. The van der Waals surface area contributed by atoms with Crippen LogP contribution in [0.15, 0.2) is 109 Å².